The van der Waals surface area contributed by atoms with Crippen LogP contribution in [0.5, 0.6) is 0 Å². The van der Waals surface area contributed by atoms with Crippen molar-refractivity contribution >= 4 is 17.6 Å². The molecule has 0 amide bonds. The molecule has 0 aliphatic carbocycles. The molecule has 0 atom stereocenters. The van der Waals surface area contributed by atoms with Crippen LogP contribution in [0.1, 0.15) is 0 Å². The van der Waals surface area contributed by atoms with Crippen molar-refractivity contribution in [2.24, 2.45) is 0 Å². The van der Waals surface area contributed by atoms with Gasteiger partial charge in [-0.25, -0.2) is 4.79 Å². The highest BCUT2D eigenvalue weighted by Gasteiger charge is 1.93. The van der Waals surface area contributed by atoms with Crippen LogP contribution < -0.4 is 0 Å². The minimum absolute atomic E-state index is 0. The van der Waals surface area contributed by atoms with Gasteiger partial charge in [-0.05, 0) is 0 Å². The molecule has 0 aromatic rings. The molecule has 0 aromatic carbocycles. The Kier molecular flexibility index (Phi) is 4.99. The zero-order valence-electron chi connectivity index (χ0n) is 3.35. The van der Waals surface area contributed by atoms with E-state index in [1.807, 2.05) is 0 Å². The van der Waals surface area contributed by atoms with E-state index in [0.717, 1.165) is 0 Å². The van der Waals surface area contributed by atoms with Crippen molar-refractivity contribution in [2.75, 3.05) is 0 Å². The van der Waals surface area contributed by atoms with Crippen LogP contribution >= 0.6 is 11.6 Å². The first-order valence-electron chi connectivity index (χ1n) is 1.22. The molecule has 0 saturated heterocycles. The molecule has 0 aliphatic heterocycles. The van der Waals surface area contributed by atoms with Gasteiger partial charge in [-0.1, -0.05) is 18.2 Å². The van der Waals surface area contributed by atoms with Crippen LogP contribution in [-0.2, 0) is 4.79 Å². The topological polar surface area (TPSA) is 37.3 Å². The van der Waals surface area contributed by atoms with Gasteiger partial charge >= 0.3 is 5.97 Å². The molecule has 0 rings (SSSR count). The molecule has 0 aromatic heterocycles. The van der Waals surface area contributed by atoms with E-state index in [4.69, 9.17) is 16.7 Å². The van der Waals surface area contributed by atoms with Crippen LogP contribution in [0.3, 0.4) is 0 Å². The Morgan fingerprint density at radius 2 is 1.86 bits per heavy atom. The van der Waals surface area contributed by atoms with Crippen molar-refractivity contribution in [1.29, 1.82) is 0 Å². The van der Waals surface area contributed by atoms with E-state index in [1.54, 1.807) is 0 Å². The first-order valence-corrected chi connectivity index (χ1v) is 1.60. The number of rotatable bonds is 1. The number of hydrogen-bond donors (Lipinski definition) is 1. The number of carbonyl (C=O) groups is 1. The summed E-state index contributed by atoms with van der Waals surface area (Å²) in [5.41, 5.74) is 0. The fraction of sp³-hybridized carbons (Fsp3) is 0. The predicted molar refractivity (Wildman–Crippen MR) is 25.1 cm³/mol. The molecule has 0 aliphatic rings. The third kappa shape index (κ3) is 5.43. The minimum atomic E-state index is -1.17. The van der Waals surface area contributed by atoms with Gasteiger partial charge in [0.25, 0.3) is 0 Å². The van der Waals surface area contributed by atoms with E-state index in [1.165, 1.54) is 0 Å². The van der Waals surface area contributed by atoms with Crippen molar-refractivity contribution in [3.63, 3.8) is 0 Å². The lowest BCUT2D eigenvalue weighted by Gasteiger charge is -1.76. The summed E-state index contributed by atoms with van der Waals surface area (Å²) < 4.78 is 0. The first-order chi connectivity index (χ1) is 2.64. The Morgan fingerprint density at radius 3 is 1.86 bits per heavy atom. The maximum Gasteiger partial charge on any atom is 0.346 e. The highest BCUT2D eigenvalue weighted by molar-refractivity contribution is 6.40. The Hall–Kier alpha value is -0.570. The number of halogens is 2. The summed E-state index contributed by atoms with van der Waals surface area (Å²) >= 11 is 4.82. The van der Waals surface area contributed by atoms with Crippen LogP contribution in [0.15, 0.2) is 11.6 Å². The highest BCUT2D eigenvalue weighted by atomic mass is 35.5. The molecular formula is C3H4ClFO2. The highest BCUT2D eigenvalue weighted by Crippen LogP contribution is 1.92. The molecular weight excluding hydrogens is 122 g/mol. The molecule has 0 spiro atoms. The SMILES string of the molecule is C=C(Cl)C(=O)O.F. The van der Waals surface area contributed by atoms with Crippen LogP contribution in [-0.4, -0.2) is 11.1 Å². The molecule has 0 unspecified atom stereocenters. The fourth-order valence-electron chi connectivity index (χ4n) is 0. The summed E-state index contributed by atoms with van der Waals surface area (Å²) in [6.45, 7) is 2.92. The van der Waals surface area contributed by atoms with Crippen LogP contribution in [0.2, 0.25) is 0 Å². The standard InChI is InChI=1S/C3H3ClO2.FH/c1-2(4)3(5)6;/h1H2,(H,5,6);1H. The number of carboxylic acids is 1. The van der Waals surface area contributed by atoms with Gasteiger partial charge in [0.2, 0.25) is 0 Å². The number of aliphatic carboxylic acids is 1. The van der Waals surface area contributed by atoms with Crippen molar-refractivity contribution in [2.45, 2.75) is 0 Å². The Labute approximate surface area is 44.8 Å². The summed E-state index contributed by atoms with van der Waals surface area (Å²) in [6.07, 6.45) is 0. The average Bonchev–Trinajstić information content (AvgIpc) is 1.36. The molecule has 0 fully saturated rings. The van der Waals surface area contributed by atoms with E-state index in [0.29, 0.717) is 0 Å². The van der Waals surface area contributed by atoms with Crippen LogP contribution in [0.4, 0.5) is 4.70 Å². The molecule has 0 saturated carbocycles. The van der Waals surface area contributed by atoms with E-state index >= 15 is 0 Å². The monoisotopic (exact) mass is 126 g/mol. The Morgan fingerprint density at radius 1 is 1.71 bits per heavy atom. The molecule has 42 valence electrons. The minimum Gasteiger partial charge on any atom is -0.477 e. The maximum absolute atomic E-state index is 9.47. The quantitative estimate of drug-likeness (QED) is 0.532. The largest absolute Gasteiger partial charge is 0.477 e. The lowest BCUT2D eigenvalue weighted by Crippen LogP contribution is -1.89. The molecule has 4 heteroatoms. The van der Waals surface area contributed by atoms with Gasteiger partial charge < -0.3 is 5.11 Å². The van der Waals surface area contributed by atoms with Crippen molar-refractivity contribution in [3.05, 3.63) is 11.6 Å². The van der Waals surface area contributed by atoms with Gasteiger partial charge in [0, 0.05) is 0 Å². The second kappa shape index (κ2) is 3.61. The molecule has 0 bridgehead atoms. The second-order valence-electron chi connectivity index (χ2n) is 0.710. The first kappa shape index (κ1) is 9.66. The van der Waals surface area contributed by atoms with E-state index < -0.39 is 5.97 Å². The van der Waals surface area contributed by atoms with Gasteiger partial charge in [-0.3, -0.25) is 4.70 Å². The smallest absolute Gasteiger partial charge is 0.346 e. The lowest BCUT2D eigenvalue weighted by molar-refractivity contribution is -0.131. The number of carboxylic acid groups (broad SMARTS) is 1. The lowest BCUT2D eigenvalue weighted by atomic mass is 10.7. The van der Waals surface area contributed by atoms with Gasteiger partial charge in [-0.15, -0.1) is 0 Å². The van der Waals surface area contributed by atoms with E-state index in [2.05, 4.69) is 6.58 Å². The molecule has 7 heavy (non-hydrogen) atoms. The second-order valence-corrected chi connectivity index (χ2v) is 1.17. The predicted octanol–water partition coefficient (Wildman–Crippen LogP) is 0.976. The molecule has 1 N–H and O–H groups in total. The van der Waals surface area contributed by atoms with E-state index in [9.17, 15) is 4.79 Å². The van der Waals surface area contributed by atoms with Crippen molar-refractivity contribution in [3.8, 4) is 0 Å². The van der Waals surface area contributed by atoms with Crippen molar-refractivity contribution in [1.82, 2.24) is 0 Å². The Balaban J connectivity index is 0. The summed E-state index contributed by atoms with van der Waals surface area (Å²) in [4.78, 5) is 9.47. The number of hydrogen-bond acceptors (Lipinski definition) is 1. The summed E-state index contributed by atoms with van der Waals surface area (Å²) in [5, 5.41) is 7.41. The fourth-order valence-corrected chi connectivity index (χ4v) is 0. The summed E-state index contributed by atoms with van der Waals surface area (Å²) in [6, 6.07) is 0. The molecule has 0 radical (unpaired) electrons. The van der Waals surface area contributed by atoms with Crippen LogP contribution in [0, 0.1) is 0 Å². The van der Waals surface area contributed by atoms with Gasteiger partial charge in [0.1, 0.15) is 5.03 Å². The molecule has 0 heterocycles. The van der Waals surface area contributed by atoms with Crippen molar-refractivity contribution < 1.29 is 14.6 Å². The van der Waals surface area contributed by atoms with Gasteiger partial charge in [-0.2, -0.15) is 0 Å². The third-order valence-corrected chi connectivity index (χ3v) is 0.394. The average molecular weight is 127 g/mol. The summed E-state index contributed by atoms with van der Waals surface area (Å²) in [5.74, 6) is -1.17. The van der Waals surface area contributed by atoms with Crippen LogP contribution in [0.25, 0.3) is 0 Å². The van der Waals surface area contributed by atoms with Gasteiger partial charge in [0.05, 0.1) is 0 Å². The zero-order valence-corrected chi connectivity index (χ0v) is 4.10. The third-order valence-electron chi connectivity index (χ3n) is 0.232. The van der Waals surface area contributed by atoms with Gasteiger partial charge in [0.15, 0.2) is 0 Å². The normalized spacial score (nSPS) is 6.43. The zero-order chi connectivity index (χ0) is 5.15. The summed E-state index contributed by atoms with van der Waals surface area (Å²) in [7, 11) is 0. The Bertz CT molecular complexity index is 78.9. The molecule has 2 nitrogen and oxygen atoms in total. The van der Waals surface area contributed by atoms with E-state index in [-0.39, 0.29) is 9.74 Å². The maximum atomic E-state index is 9.47.